The molecule has 0 aromatic rings. The van der Waals surface area contributed by atoms with Crippen LogP contribution in [0.25, 0.3) is 0 Å². The molecule has 0 bridgehead atoms. The molecule has 0 aromatic heterocycles. The number of esters is 2. The van der Waals surface area contributed by atoms with Crippen molar-refractivity contribution in [2.24, 2.45) is 0 Å². The van der Waals surface area contributed by atoms with Gasteiger partial charge in [0, 0.05) is 12.8 Å². The zero-order valence-corrected chi connectivity index (χ0v) is 31.0. The van der Waals surface area contributed by atoms with Gasteiger partial charge in [0.15, 0.2) is 6.10 Å². The summed E-state index contributed by atoms with van der Waals surface area (Å²) in [6.07, 6.45) is 34.9. The molecule has 0 spiro atoms. The standard InChI is InChI=1S/C38H65O10P/c1-3-5-7-9-11-13-15-16-17-18-20-22-24-26-28-30-38(42)48-36(34-47-49(43,44)46-32-35(40)31-39)33-45-37(41)29-27-25-23-21-19-14-12-10-8-6-4-2/h5,7,10-13,16-17,20,22,35-36,39-40H,3-4,6,8-9,14-15,18-19,21,23-34H2,1-2H3,(H,43,44)/b7-5-,12-10-,13-11-,17-16-,22-20-/t35-,36+/m0/s1. The Morgan fingerprint density at radius 2 is 1.12 bits per heavy atom. The first-order valence-corrected chi connectivity index (χ1v) is 19.7. The lowest BCUT2D eigenvalue weighted by molar-refractivity contribution is -0.161. The Kier molecular flexibility index (Phi) is 32.5. The number of phosphoric acid groups is 1. The molecule has 3 atom stereocenters. The minimum absolute atomic E-state index is 0.127. The first kappa shape index (κ1) is 46.7. The summed E-state index contributed by atoms with van der Waals surface area (Å²) in [6.45, 7) is 2.13. The van der Waals surface area contributed by atoms with Gasteiger partial charge in [-0.25, -0.2) is 4.57 Å². The molecule has 282 valence electrons. The van der Waals surface area contributed by atoms with Crippen molar-refractivity contribution in [3.63, 3.8) is 0 Å². The third-order valence-electron chi connectivity index (χ3n) is 7.16. The van der Waals surface area contributed by atoms with E-state index in [1.807, 2.05) is 0 Å². The quantitative estimate of drug-likeness (QED) is 0.0261. The number of rotatable bonds is 33. The summed E-state index contributed by atoms with van der Waals surface area (Å²) in [7, 11) is -4.62. The van der Waals surface area contributed by atoms with Crippen LogP contribution in [0.4, 0.5) is 0 Å². The number of ether oxygens (including phenoxy) is 2. The monoisotopic (exact) mass is 712 g/mol. The van der Waals surface area contributed by atoms with E-state index in [-0.39, 0.29) is 19.4 Å². The molecule has 0 radical (unpaired) electrons. The molecule has 0 saturated carbocycles. The summed E-state index contributed by atoms with van der Waals surface area (Å²) in [6, 6.07) is 0. The highest BCUT2D eigenvalue weighted by atomic mass is 31.2. The second-order valence-electron chi connectivity index (χ2n) is 11.9. The molecule has 0 aliphatic heterocycles. The van der Waals surface area contributed by atoms with E-state index >= 15 is 0 Å². The predicted octanol–water partition coefficient (Wildman–Crippen LogP) is 8.77. The third-order valence-corrected chi connectivity index (χ3v) is 8.11. The smallest absolute Gasteiger partial charge is 0.462 e. The van der Waals surface area contributed by atoms with E-state index in [9.17, 15) is 24.2 Å². The molecule has 0 heterocycles. The fourth-order valence-electron chi connectivity index (χ4n) is 4.32. The average Bonchev–Trinajstić information content (AvgIpc) is 3.09. The third kappa shape index (κ3) is 33.9. The second kappa shape index (κ2) is 34.1. The average molecular weight is 713 g/mol. The van der Waals surface area contributed by atoms with Crippen molar-refractivity contribution in [3.05, 3.63) is 60.8 Å². The van der Waals surface area contributed by atoms with E-state index < -0.39 is 51.8 Å². The lowest BCUT2D eigenvalue weighted by atomic mass is 10.1. The summed E-state index contributed by atoms with van der Waals surface area (Å²) >= 11 is 0. The minimum Gasteiger partial charge on any atom is -0.462 e. The van der Waals surface area contributed by atoms with Gasteiger partial charge < -0.3 is 24.6 Å². The van der Waals surface area contributed by atoms with Crippen molar-refractivity contribution >= 4 is 19.8 Å². The Labute approximate surface area is 296 Å². The molecule has 1 unspecified atom stereocenters. The van der Waals surface area contributed by atoms with Crippen molar-refractivity contribution in [1.29, 1.82) is 0 Å². The number of allylic oxidation sites excluding steroid dienone is 10. The van der Waals surface area contributed by atoms with Gasteiger partial charge in [0.25, 0.3) is 0 Å². The molecule has 0 aliphatic carbocycles. The van der Waals surface area contributed by atoms with E-state index in [2.05, 4.69) is 79.1 Å². The van der Waals surface area contributed by atoms with Crippen LogP contribution in [0.15, 0.2) is 60.8 Å². The molecule has 0 aromatic carbocycles. The van der Waals surface area contributed by atoms with E-state index in [0.717, 1.165) is 77.0 Å². The van der Waals surface area contributed by atoms with Crippen LogP contribution in [-0.4, -0.2) is 65.7 Å². The van der Waals surface area contributed by atoms with Crippen molar-refractivity contribution in [2.75, 3.05) is 26.4 Å². The lowest BCUT2D eigenvalue weighted by Crippen LogP contribution is -2.29. The van der Waals surface area contributed by atoms with Gasteiger partial charge in [0.05, 0.1) is 19.8 Å². The van der Waals surface area contributed by atoms with E-state index in [4.69, 9.17) is 19.1 Å². The SMILES string of the molecule is CC/C=C\C/C=C\C/C=C\C/C=C\CCCCC(=O)O[C@H](COC(=O)CCCCCCC/C=C\CCCC)COP(=O)(O)OC[C@@H](O)CO. The number of carbonyl (C=O) groups is 2. The number of aliphatic hydroxyl groups is 2. The van der Waals surface area contributed by atoms with Crippen LogP contribution in [0.3, 0.4) is 0 Å². The second-order valence-corrected chi connectivity index (χ2v) is 13.3. The number of hydrogen-bond donors (Lipinski definition) is 3. The molecule has 0 aliphatic rings. The van der Waals surface area contributed by atoms with Gasteiger partial charge in [-0.3, -0.25) is 18.6 Å². The number of unbranched alkanes of at least 4 members (excludes halogenated alkanes) is 9. The topological polar surface area (TPSA) is 149 Å². The Bertz CT molecular complexity index is 1000. The maximum atomic E-state index is 12.5. The first-order valence-electron chi connectivity index (χ1n) is 18.2. The molecular formula is C38H65O10P. The van der Waals surface area contributed by atoms with Crippen LogP contribution >= 0.6 is 7.82 Å². The van der Waals surface area contributed by atoms with Crippen LogP contribution in [0.1, 0.15) is 129 Å². The maximum absolute atomic E-state index is 12.5. The fraction of sp³-hybridized carbons (Fsp3) is 0.684. The van der Waals surface area contributed by atoms with Crippen molar-refractivity contribution in [1.82, 2.24) is 0 Å². The zero-order valence-electron chi connectivity index (χ0n) is 30.1. The Morgan fingerprint density at radius 1 is 0.633 bits per heavy atom. The van der Waals surface area contributed by atoms with Crippen LogP contribution in [-0.2, 0) is 32.7 Å². The number of hydrogen-bond acceptors (Lipinski definition) is 9. The van der Waals surface area contributed by atoms with Gasteiger partial charge in [-0.2, -0.15) is 0 Å². The molecule has 0 fully saturated rings. The summed E-state index contributed by atoms with van der Waals surface area (Å²) in [5, 5.41) is 18.2. The summed E-state index contributed by atoms with van der Waals surface area (Å²) in [5.41, 5.74) is 0. The van der Waals surface area contributed by atoms with Crippen LogP contribution in [0, 0.1) is 0 Å². The Morgan fingerprint density at radius 3 is 1.76 bits per heavy atom. The Hall–Kier alpha value is -2.33. The number of carbonyl (C=O) groups excluding carboxylic acids is 2. The molecular weight excluding hydrogens is 647 g/mol. The normalized spacial score (nSPS) is 14.8. The van der Waals surface area contributed by atoms with Crippen LogP contribution < -0.4 is 0 Å². The first-order chi connectivity index (χ1) is 23.7. The molecule has 11 heteroatoms. The largest absolute Gasteiger partial charge is 0.472 e. The van der Waals surface area contributed by atoms with Crippen LogP contribution in [0.2, 0.25) is 0 Å². The van der Waals surface area contributed by atoms with Crippen molar-refractivity contribution in [2.45, 2.75) is 142 Å². The molecule has 49 heavy (non-hydrogen) atoms. The van der Waals surface area contributed by atoms with Crippen LogP contribution in [0.5, 0.6) is 0 Å². The predicted molar refractivity (Wildman–Crippen MR) is 196 cm³/mol. The lowest BCUT2D eigenvalue weighted by Gasteiger charge is -2.20. The van der Waals surface area contributed by atoms with Gasteiger partial charge in [-0.15, -0.1) is 0 Å². The van der Waals surface area contributed by atoms with Crippen molar-refractivity contribution in [3.8, 4) is 0 Å². The zero-order chi connectivity index (χ0) is 36.3. The molecule has 0 saturated heterocycles. The summed E-state index contributed by atoms with van der Waals surface area (Å²) in [5.74, 6) is -0.994. The van der Waals surface area contributed by atoms with E-state index in [1.54, 1.807) is 0 Å². The fourth-order valence-corrected chi connectivity index (χ4v) is 5.10. The van der Waals surface area contributed by atoms with Gasteiger partial charge in [0.1, 0.15) is 12.7 Å². The van der Waals surface area contributed by atoms with Gasteiger partial charge >= 0.3 is 19.8 Å². The van der Waals surface area contributed by atoms with E-state index in [0.29, 0.717) is 12.8 Å². The highest BCUT2D eigenvalue weighted by Crippen LogP contribution is 2.43. The highest BCUT2D eigenvalue weighted by Gasteiger charge is 2.27. The van der Waals surface area contributed by atoms with E-state index in [1.165, 1.54) is 12.8 Å². The minimum atomic E-state index is -4.62. The molecule has 10 nitrogen and oxygen atoms in total. The number of phosphoric ester groups is 1. The van der Waals surface area contributed by atoms with Gasteiger partial charge in [-0.1, -0.05) is 107 Å². The molecule has 0 rings (SSSR count). The van der Waals surface area contributed by atoms with Crippen molar-refractivity contribution < 1.29 is 47.8 Å². The van der Waals surface area contributed by atoms with Gasteiger partial charge in [0.2, 0.25) is 0 Å². The summed E-state index contributed by atoms with van der Waals surface area (Å²) in [4.78, 5) is 34.7. The summed E-state index contributed by atoms with van der Waals surface area (Å²) < 4.78 is 32.5. The molecule has 0 amide bonds. The molecule has 3 N–H and O–H groups in total. The Balaban J connectivity index is 4.50. The van der Waals surface area contributed by atoms with Gasteiger partial charge in [-0.05, 0) is 70.6 Å². The highest BCUT2D eigenvalue weighted by molar-refractivity contribution is 7.47. The maximum Gasteiger partial charge on any atom is 0.472 e. The number of aliphatic hydroxyl groups excluding tert-OH is 2.